The molecule has 2 aromatic heterocycles. The molecule has 0 aliphatic rings. The maximum atomic E-state index is 3.98. The molecule has 0 saturated carbocycles. The fraction of sp³-hybridized carbons (Fsp3) is 0.286. The Bertz CT molecular complexity index is 387. The molecule has 0 spiro atoms. The van der Waals surface area contributed by atoms with Crippen molar-refractivity contribution >= 4 is 0 Å². The molecule has 2 heterocycles. The Morgan fingerprint density at radius 2 is 0.789 bits per heavy atom. The molecule has 19 heavy (non-hydrogen) atoms. The largest absolute Gasteiger partial charge is 2.00 e. The van der Waals surface area contributed by atoms with E-state index in [4.69, 9.17) is 0 Å². The van der Waals surface area contributed by atoms with Crippen LogP contribution in [0.3, 0.4) is 0 Å². The molecule has 0 unspecified atom stereocenters. The normalized spacial score (nSPS) is 7.79. The summed E-state index contributed by atoms with van der Waals surface area (Å²) in [6.45, 7) is 8.17. The van der Waals surface area contributed by atoms with Crippen LogP contribution < -0.4 is 24.8 Å². The number of pyridine rings is 2. The van der Waals surface area contributed by atoms with Gasteiger partial charge in [-0.05, 0) is 49.9 Å². The zero-order chi connectivity index (χ0) is 12.0. The molecule has 0 fully saturated rings. The van der Waals surface area contributed by atoms with Gasteiger partial charge in [0, 0.05) is 24.8 Å². The SMILES string of the molecule is Cc1cncc(C)c1.Cc1cncc(C)c1.[Cl-].[Cl-].[Pt+2]. The number of hydrogen-bond acceptors (Lipinski definition) is 2. The Labute approximate surface area is 142 Å². The van der Waals surface area contributed by atoms with Crippen molar-refractivity contribution in [2.75, 3.05) is 0 Å². The van der Waals surface area contributed by atoms with E-state index in [1.54, 1.807) is 0 Å². The van der Waals surface area contributed by atoms with Crippen molar-refractivity contribution in [1.82, 2.24) is 9.97 Å². The Morgan fingerprint density at radius 3 is 0.895 bits per heavy atom. The van der Waals surface area contributed by atoms with E-state index in [1.165, 1.54) is 22.3 Å². The van der Waals surface area contributed by atoms with Crippen molar-refractivity contribution in [3.05, 3.63) is 59.2 Å². The van der Waals surface area contributed by atoms with E-state index in [9.17, 15) is 0 Å². The quantitative estimate of drug-likeness (QED) is 0.414. The van der Waals surface area contributed by atoms with Crippen LogP contribution in [0.4, 0.5) is 0 Å². The Morgan fingerprint density at radius 1 is 0.579 bits per heavy atom. The minimum atomic E-state index is 0. The van der Waals surface area contributed by atoms with Crippen LogP contribution in [0, 0.1) is 27.7 Å². The van der Waals surface area contributed by atoms with E-state index in [2.05, 4.69) is 22.1 Å². The maximum Gasteiger partial charge on any atom is 2.00 e. The molecular formula is C14H18Cl2N2Pt. The smallest absolute Gasteiger partial charge is 1.00 e. The molecule has 0 aliphatic heterocycles. The first kappa shape index (κ1) is 23.6. The van der Waals surface area contributed by atoms with Gasteiger partial charge in [0.25, 0.3) is 0 Å². The molecule has 0 radical (unpaired) electrons. The molecule has 0 amide bonds. The second-order valence-corrected chi connectivity index (χ2v) is 4.08. The Kier molecular flexibility index (Phi) is 15.7. The van der Waals surface area contributed by atoms with Crippen LogP contribution in [-0.4, -0.2) is 9.97 Å². The number of aromatic nitrogens is 2. The van der Waals surface area contributed by atoms with Gasteiger partial charge in [0.1, 0.15) is 0 Å². The number of hydrogen-bond donors (Lipinski definition) is 0. The van der Waals surface area contributed by atoms with Gasteiger partial charge in [0.15, 0.2) is 0 Å². The van der Waals surface area contributed by atoms with Crippen molar-refractivity contribution in [3.8, 4) is 0 Å². The second kappa shape index (κ2) is 12.6. The van der Waals surface area contributed by atoms with Gasteiger partial charge in [-0.25, -0.2) is 0 Å². The fourth-order valence-electron chi connectivity index (χ4n) is 1.41. The number of halogens is 2. The van der Waals surface area contributed by atoms with Gasteiger partial charge < -0.3 is 24.8 Å². The summed E-state index contributed by atoms with van der Waals surface area (Å²) in [5.74, 6) is 0. The standard InChI is InChI=1S/2C7H9N.2ClH.Pt/c2*1-6-3-7(2)5-8-4-6;;;/h2*3-5H,1-2H3;2*1H;/q;;;;+2/p-2. The number of aryl methyl sites for hydroxylation is 4. The van der Waals surface area contributed by atoms with Gasteiger partial charge in [-0.15, -0.1) is 0 Å². The Hall–Kier alpha value is -0.432. The third kappa shape index (κ3) is 11.1. The number of nitrogens with zero attached hydrogens (tertiary/aromatic N) is 2. The third-order valence-electron chi connectivity index (χ3n) is 2.02. The van der Waals surface area contributed by atoms with E-state index in [0.29, 0.717) is 0 Å². The van der Waals surface area contributed by atoms with E-state index in [1.807, 2.05) is 52.5 Å². The van der Waals surface area contributed by atoms with Crippen molar-refractivity contribution in [2.45, 2.75) is 27.7 Å². The predicted octanol–water partition coefficient (Wildman–Crippen LogP) is -2.60. The first-order valence-corrected chi connectivity index (χ1v) is 5.34. The molecule has 0 saturated heterocycles. The Balaban J connectivity index is -0.000000233. The van der Waals surface area contributed by atoms with E-state index in [-0.39, 0.29) is 45.9 Å². The minimum Gasteiger partial charge on any atom is -1.00 e. The molecule has 0 atom stereocenters. The first-order valence-electron chi connectivity index (χ1n) is 5.34. The molecule has 2 nitrogen and oxygen atoms in total. The van der Waals surface area contributed by atoms with Crippen LogP contribution in [0.2, 0.25) is 0 Å². The summed E-state index contributed by atoms with van der Waals surface area (Å²) in [7, 11) is 0. The van der Waals surface area contributed by atoms with Crippen LogP contribution in [0.15, 0.2) is 36.9 Å². The molecule has 5 heteroatoms. The minimum absolute atomic E-state index is 0. The molecule has 2 rings (SSSR count). The molecule has 2 aromatic rings. The summed E-state index contributed by atoms with van der Waals surface area (Å²) < 4.78 is 0. The summed E-state index contributed by atoms with van der Waals surface area (Å²) in [6.07, 6.45) is 7.42. The predicted molar refractivity (Wildman–Crippen MR) is 67.4 cm³/mol. The van der Waals surface area contributed by atoms with Crippen molar-refractivity contribution in [3.63, 3.8) is 0 Å². The van der Waals surface area contributed by atoms with Crippen LogP contribution in [0.5, 0.6) is 0 Å². The first-order chi connectivity index (χ1) is 7.58. The van der Waals surface area contributed by atoms with Crippen LogP contribution in [0.25, 0.3) is 0 Å². The van der Waals surface area contributed by atoms with Gasteiger partial charge >= 0.3 is 21.1 Å². The van der Waals surface area contributed by atoms with Gasteiger partial charge in [0.2, 0.25) is 0 Å². The van der Waals surface area contributed by atoms with Gasteiger partial charge in [-0.1, -0.05) is 12.1 Å². The number of rotatable bonds is 0. The average Bonchev–Trinajstić information content (AvgIpc) is 2.17. The van der Waals surface area contributed by atoms with Gasteiger partial charge in [-0.2, -0.15) is 0 Å². The second-order valence-electron chi connectivity index (χ2n) is 4.08. The third-order valence-corrected chi connectivity index (χ3v) is 2.02. The van der Waals surface area contributed by atoms with Crippen molar-refractivity contribution in [2.24, 2.45) is 0 Å². The van der Waals surface area contributed by atoms with Crippen molar-refractivity contribution < 1.29 is 45.9 Å². The van der Waals surface area contributed by atoms with Crippen LogP contribution in [0.1, 0.15) is 22.3 Å². The monoisotopic (exact) mass is 479 g/mol. The van der Waals surface area contributed by atoms with Gasteiger partial charge in [-0.3, -0.25) is 9.97 Å². The average molecular weight is 480 g/mol. The zero-order valence-corrected chi connectivity index (χ0v) is 15.2. The van der Waals surface area contributed by atoms with Gasteiger partial charge in [0.05, 0.1) is 0 Å². The summed E-state index contributed by atoms with van der Waals surface area (Å²) in [5.41, 5.74) is 4.91. The molecular weight excluding hydrogens is 462 g/mol. The topological polar surface area (TPSA) is 25.8 Å². The van der Waals surface area contributed by atoms with Crippen LogP contribution in [-0.2, 0) is 21.1 Å². The summed E-state index contributed by atoms with van der Waals surface area (Å²) in [4.78, 5) is 7.97. The fourth-order valence-corrected chi connectivity index (χ4v) is 1.41. The van der Waals surface area contributed by atoms with E-state index < -0.39 is 0 Å². The molecule has 108 valence electrons. The summed E-state index contributed by atoms with van der Waals surface area (Å²) >= 11 is 0. The molecule has 0 aromatic carbocycles. The van der Waals surface area contributed by atoms with Crippen molar-refractivity contribution in [1.29, 1.82) is 0 Å². The van der Waals surface area contributed by atoms with E-state index >= 15 is 0 Å². The molecule has 0 aliphatic carbocycles. The molecule has 0 N–H and O–H groups in total. The molecule has 0 bridgehead atoms. The summed E-state index contributed by atoms with van der Waals surface area (Å²) in [6, 6.07) is 4.21. The van der Waals surface area contributed by atoms with E-state index in [0.717, 1.165) is 0 Å². The zero-order valence-electron chi connectivity index (χ0n) is 11.4. The van der Waals surface area contributed by atoms with Crippen LogP contribution >= 0.6 is 0 Å². The summed E-state index contributed by atoms with van der Waals surface area (Å²) in [5, 5.41) is 0. The maximum absolute atomic E-state index is 3.98.